The van der Waals surface area contributed by atoms with E-state index in [2.05, 4.69) is 5.10 Å². The number of hydrogen-bond acceptors (Lipinski definition) is 5. The van der Waals surface area contributed by atoms with Crippen LogP contribution in [-0.4, -0.2) is 30.7 Å². The first kappa shape index (κ1) is 20.4. The van der Waals surface area contributed by atoms with Gasteiger partial charge in [-0.1, -0.05) is 35.9 Å². The summed E-state index contributed by atoms with van der Waals surface area (Å²) in [7, 11) is -2.09. The van der Waals surface area contributed by atoms with Crippen molar-refractivity contribution in [2.24, 2.45) is 7.05 Å². The molecule has 7 nitrogen and oxygen atoms in total. The Morgan fingerprint density at radius 3 is 2.70 bits per heavy atom. The van der Waals surface area contributed by atoms with Gasteiger partial charge in [0.1, 0.15) is 11.8 Å². The summed E-state index contributed by atoms with van der Waals surface area (Å²) in [5.41, 5.74) is 3.10. The van der Waals surface area contributed by atoms with Crippen molar-refractivity contribution in [1.29, 1.82) is 0 Å². The van der Waals surface area contributed by atoms with Crippen molar-refractivity contribution in [1.82, 2.24) is 9.78 Å². The molecule has 2 aromatic carbocycles. The van der Waals surface area contributed by atoms with Crippen molar-refractivity contribution in [3.05, 3.63) is 76.1 Å². The predicted octanol–water partition coefficient (Wildman–Crippen LogP) is 3.49. The van der Waals surface area contributed by atoms with E-state index in [4.69, 9.17) is 16.3 Å². The lowest BCUT2D eigenvalue weighted by Crippen LogP contribution is -2.29. The highest BCUT2D eigenvalue weighted by Crippen LogP contribution is 2.32. The number of carbonyl (C=O) groups excluding carboxylic acids is 1. The van der Waals surface area contributed by atoms with Crippen LogP contribution in [0.5, 0.6) is 0 Å². The Kier molecular flexibility index (Phi) is 5.29. The van der Waals surface area contributed by atoms with Gasteiger partial charge in [0.2, 0.25) is 0 Å². The van der Waals surface area contributed by atoms with Gasteiger partial charge in [0, 0.05) is 19.2 Å². The standard InChI is InChI=1S/C21H20ClN3O4S/c1-14-18(20(22)24(2)23-14)13-29-21(26)16-7-5-8-17(12-16)30(27,28)25-11-10-15-6-3-4-9-19(15)25/h3-9,12H,10-11,13H2,1-2H3. The highest BCUT2D eigenvalue weighted by molar-refractivity contribution is 7.92. The van der Waals surface area contributed by atoms with Crippen LogP contribution in [-0.2, 0) is 34.8 Å². The van der Waals surface area contributed by atoms with Gasteiger partial charge in [-0.25, -0.2) is 13.2 Å². The average molecular weight is 446 g/mol. The second kappa shape index (κ2) is 7.77. The molecule has 0 spiro atoms. The number of anilines is 1. The van der Waals surface area contributed by atoms with E-state index in [0.717, 1.165) is 5.56 Å². The van der Waals surface area contributed by atoms with Gasteiger partial charge in [-0.05, 0) is 43.2 Å². The van der Waals surface area contributed by atoms with Crippen molar-refractivity contribution in [3.8, 4) is 0 Å². The molecule has 0 amide bonds. The van der Waals surface area contributed by atoms with Gasteiger partial charge in [0.15, 0.2) is 0 Å². The minimum Gasteiger partial charge on any atom is -0.457 e. The summed E-state index contributed by atoms with van der Waals surface area (Å²) in [6, 6.07) is 13.3. The third kappa shape index (κ3) is 3.57. The molecule has 1 aliphatic rings. The Morgan fingerprint density at radius 1 is 1.20 bits per heavy atom. The van der Waals surface area contributed by atoms with Gasteiger partial charge in [0.05, 0.1) is 21.8 Å². The highest BCUT2D eigenvalue weighted by atomic mass is 35.5. The summed E-state index contributed by atoms with van der Waals surface area (Å²) in [5.74, 6) is -0.631. The number of para-hydroxylation sites is 1. The van der Waals surface area contributed by atoms with Crippen LogP contribution >= 0.6 is 11.6 Å². The number of hydrogen-bond donors (Lipinski definition) is 0. The molecule has 9 heteroatoms. The van der Waals surface area contributed by atoms with Gasteiger partial charge >= 0.3 is 5.97 Å². The zero-order valence-electron chi connectivity index (χ0n) is 16.5. The molecular weight excluding hydrogens is 426 g/mol. The van der Waals surface area contributed by atoms with Gasteiger partial charge in [-0.15, -0.1) is 0 Å². The molecular formula is C21H20ClN3O4S. The van der Waals surface area contributed by atoms with Crippen LogP contribution in [0.15, 0.2) is 53.4 Å². The molecule has 4 rings (SSSR count). The van der Waals surface area contributed by atoms with E-state index in [1.165, 1.54) is 33.3 Å². The molecule has 0 saturated carbocycles. The highest BCUT2D eigenvalue weighted by Gasteiger charge is 2.31. The molecule has 1 aromatic heterocycles. The lowest BCUT2D eigenvalue weighted by Gasteiger charge is -2.19. The van der Waals surface area contributed by atoms with Gasteiger partial charge in [-0.3, -0.25) is 8.99 Å². The Hall–Kier alpha value is -2.84. The minimum absolute atomic E-state index is 0.0456. The summed E-state index contributed by atoms with van der Waals surface area (Å²) < 4.78 is 34.6. The third-order valence-corrected chi connectivity index (χ3v) is 7.40. The number of nitrogens with zero attached hydrogens (tertiary/aromatic N) is 3. The first-order valence-electron chi connectivity index (χ1n) is 9.35. The van der Waals surface area contributed by atoms with E-state index >= 15 is 0 Å². The third-order valence-electron chi connectivity index (χ3n) is 5.12. The first-order chi connectivity index (χ1) is 14.3. The Labute approximate surface area is 179 Å². The maximum absolute atomic E-state index is 13.2. The number of rotatable bonds is 5. The van der Waals surface area contributed by atoms with Crippen molar-refractivity contribution < 1.29 is 17.9 Å². The van der Waals surface area contributed by atoms with Gasteiger partial charge in [0.25, 0.3) is 10.0 Å². The molecule has 30 heavy (non-hydrogen) atoms. The van der Waals surface area contributed by atoms with Crippen LogP contribution < -0.4 is 4.31 Å². The maximum Gasteiger partial charge on any atom is 0.338 e. The summed E-state index contributed by atoms with van der Waals surface area (Å²) in [5, 5.41) is 4.57. The van der Waals surface area contributed by atoms with Crippen LogP contribution in [0.25, 0.3) is 0 Å². The number of ether oxygens (including phenoxy) is 1. The summed E-state index contributed by atoms with van der Waals surface area (Å²) in [6.45, 7) is 2.10. The number of carbonyl (C=O) groups is 1. The van der Waals surface area contributed by atoms with E-state index in [0.29, 0.717) is 35.1 Å². The van der Waals surface area contributed by atoms with Crippen molar-refractivity contribution in [2.45, 2.75) is 24.8 Å². The van der Waals surface area contributed by atoms with Crippen LogP contribution in [0, 0.1) is 6.92 Å². The minimum atomic E-state index is -3.79. The molecule has 0 radical (unpaired) electrons. The molecule has 2 heterocycles. The fourth-order valence-electron chi connectivity index (χ4n) is 3.53. The normalized spacial score (nSPS) is 13.4. The Morgan fingerprint density at radius 2 is 1.97 bits per heavy atom. The number of aromatic nitrogens is 2. The van der Waals surface area contributed by atoms with Crippen LogP contribution in [0.1, 0.15) is 27.2 Å². The lowest BCUT2D eigenvalue weighted by atomic mass is 10.2. The van der Waals surface area contributed by atoms with Crippen molar-refractivity contribution in [2.75, 3.05) is 10.8 Å². The largest absolute Gasteiger partial charge is 0.457 e. The number of esters is 1. The quantitative estimate of drug-likeness (QED) is 0.561. The van der Waals surface area contributed by atoms with E-state index in [1.807, 2.05) is 18.2 Å². The number of fused-ring (bicyclic) bond motifs is 1. The Bertz CT molecular complexity index is 1240. The van der Waals surface area contributed by atoms with Crippen LogP contribution in [0.2, 0.25) is 5.15 Å². The SMILES string of the molecule is Cc1nn(C)c(Cl)c1COC(=O)c1cccc(S(=O)(=O)N2CCc3ccccc32)c1. The van der Waals surface area contributed by atoms with E-state index in [9.17, 15) is 13.2 Å². The van der Waals surface area contributed by atoms with Crippen LogP contribution in [0.4, 0.5) is 5.69 Å². The fourth-order valence-corrected chi connectivity index (χ4v) is 5.31. The zero-order chi connectivity index (χ0) is 21.5. The smallest absolute Gasteiger partial charge is 0.338 e. The number of sulfonamides is 1. The summed E-state index contributed by atoms with van der Waals surface area (Å²) >= 11 is 6.17. The molecule has 0 atom stereocenters. The lowest BCUT2D eigenvalue weighted by molar-refractivity contribution is 0.0472. The van der Waals surface area contributed by atoms with Gasteiger partial charge < -0.3 is 4.74 Å². The summed E-state index contributed by atoms with van der Waals surface area (Å²) in [6.07, 6.45) is 0.655. The molecule has 156 valence electrons. The molecule has 0 unspecified atom stereocenters. The van der Waals surface area contributed by atoms with Crippen molar-refractivity contribution >= 4 is 33.3 Å². The van der Waals surface area contributed by atoms with E-state index in [-0.39, 0.29) is 17.1 Å². The zero-order valence-corrected chi connectivity index (χ0v) is 18.1. The molecule has 1 aliphatic heterocycles. The molecule has 0 N–H and O–H groups in total. The predicted molar refractivity (Wildman–Crippen MR) is 113 cm³/mol. The maximum atomic E-state index is 13.2. The Balaban J connectivity index is 1.56. The molecule has 0 aliphatic carbocycles. The molecule has 0 bridgehead atoms. The number of halogens is 1. The van der Waals surface area contributed by atoms with E-state index in [1.54, 1.807) is 20.0 Å². The average Bonchev–Trinajstić information content (AvgIpc) is 3.28. The molecule has 0 saturated heterocycles. The topological polar surface area (TPSA) is 81.5 Å². The van der Waals surface area contributed by atoms with E-state index < -0.39 is 16.0 Å². The molecule has 0 fully saturated rings. The fraction of sp³-hybridized carbons (Fsp3) is 0.238. The number of benzene rings is 2. The number of aryl methyl sites for hydroxylation is 2. The second-order valence-electron chi connectivity index (χ2n) is 7.04. The van der Waals surface area contributed by atoms with Crippen molar-refractivity contribution in [3.63, 3.8) is 0 Å². The second-order valence-corrected chi connectivity index (χ2v) is 9.26. The summed E-state index contributed by atoms with van der Waals surface area (Å²) in [4.78, 5) is 12.6. The van der Waals surface area contributed by atoms with Crippen LogP contribution in [0.3, 0.4) is 0 Å². The monoisotopic (exact) mass is 445 g/mol. The molecule has 3 aromatic rings. The van der Waals surface area contributed by atoms with Gasteiger partial charge in [-0.2, -0.15) is 5.10 Å². The first-order valence-corrected chi connectivity index (χ1v) is 11.2.